The molecule has 0 aliphatic heterocycles. The van der Waals surface area contributed by atoms with Gasteiger partial charge >= 0.3 is 0 Å². The molecule has 3 rings (SSSR count). The highest BCUT2D eigenvalue weighted by Gasteiger charge is 2.28. The van der Waals surface area contributed by atoms with Gasteiger partial charge in [0.15, 0.2) is 0 Å². The third-order valence-electron chi connectivity index (χ3n) is 3.80. The normalized spacial score (nSPS) is 17.2. The van der Waals surface area contributed by atoms with Gasteiger partial charge in [0, 0.05) is 4.88 Å². The van der Waals surface area contributed by atoms with Gasteiger partial charge in [-0.25, -0.2) is 0 Å². The standard InChI is InChI=1S/C15H16BrNOS2/c16-13-8-7-12(20-13)15(18)17-14(10-4-1-2-5-10)11-6-3-9-19-11/h3,6-10,14H,1-2,4-5H2,(H,17,18). The number of amides is 1. The van der Waals surface area contributed by atoms with Crippen LogP contribution in [0.15, 0.2) is 33.4 Å². The van der Waals surface area contributed by atoms with E-state index in [0.29, 0.717) is 5.92 Å². The predicted octanol–water partition coefficient (Wildman–Crippen LogP) is 5.23. The predicted molar refractivity (Wildman–Crippen MR) is 88.5 cm³/mol. The smallest absolute Gasteiger partial charge is 0.261 e. The minimum atomic E-state index is 0.0472. The molecule has 2 nitrogen and oxygen atoms in total. The van der Waals surface area contributed by atoms with Crippen molar-refractivity contribution in [2.75, 3.05) is 0 Å². The lowest BCUT2D eigenvalue weighted by Gasteiger charge is -2.23. The topological polar surface area (TPSA) is 29.1 Å². The van der Waals surface area contributed by atoms with Crippen molar-refractivity contribution in [3.8, 4) is 0 Å². The lowest BCUT2D eigenvalue weighted by molar-refractivity contribution is 0.0927. The molecule has 1 saturated carbocycles. The molecular weight excluding hydrogens is 354 g/mol. The number of rotatable bonds is 4. The lowest BCUT2D eigenvalue weighted by Crippen LogP contribution is -2.31. The van der Waals surface area contributed by atoms with Crippen molar-refractivity contribution in [3.63, 3.8) is 0 Å². The molecule has 1 N–H and O–H groups in total. The molecule has 1 aliphatic rings. The number of carbonyl (C=O) groups excluding carboxylic acids is 1. The van der Waals surface area contributed by atoms with Crippen molar-refractivity contribution in [3.05, 3.63) is 43.2 Å². The zero-order valence-corrected chi connectivity index (χ0v) is 14.2. The van der Waals surface area contributed by atoms with Crippen molar-refractivity contribution in [1.82, 2.24) is 5.32 Å². The molecule has 0 aromatic carbocycles. The second-order valence-electron chi connectivity index (χ2n) is 5.11. The van der Waals surface area contributed by atoms with Crippen LogP contribution in [0.5, 0.6) is 0 Å². The van der Waals surface area contributed by atoms with Gasteiger partial charge < -0.3 is 5.32 Å². The maximum Gasteiger partial charge on any atom is 0.261 e. The van der Waals surface area contributed by atoms with Crippen LogP contribution in [-0.4, -0.2) is 5.91 Å². The van der Waals surface area contributed by atoms with Crippen LogP contribution < -0.4 is 5.32 Å². The van der Waals surface area contributed by atoms with Crippen LogP contribution in [0.4, 0.5) is 0 Å². The summed E-state index contributed by atoms with van der Waals surface area (Å²) in [5.41, 5.74) is 0. The molecule has 5 heteroatoms. The lowest BCUT2D eigenvalue weighted by atomic mass is 9.96. The molecule has 0 saturated heterocycles. The number of hydrogen-bond acceptors (Lipinski definition) is 3. The zero-order chi connectivity index (χ0) is 13.9. The number of thiophene rings is 2. The average molecular weight is 370 g/mol. The van der Waals surface area contributed by atoms with Crippen molar-refractivity contribution in [2.24, 2.45) is 5.92 Å². The van der Waals surface area contributed by atoms with Gasteiger partial charge in [-0.3, -0.25) is 4.79 Å². The second kappa shape index (κ2) is 6.41. The van der Waals surface area contributed by atoms with Crippen LogP contribution >= 0.6 is 38.6 Å². The molecule has 2 heterocycles. The van der Waals surface area contributed by atoms with E-state index in [1.54, 1.807) is 11.3 Å². The molecular formula is C15H16BrNOS2. The molecule has 1 fully saturated rings. The average Bonchev–Trinajstić information content (AvgIpc) is 3.17. The monoisotopic (exact) mass is 369 g/mol. The van der Waals surface area contributed by atoms with E-state index in [1.165, 1.54) is 41.9 Å². The van der Waals surface area contributed by atoms with Gasteiger partial charge in [-0.05, 0) is 58.3 Å². The first-order valence-electron chi connectivity index (χ1n) is 6.83. The zero-order valence-electron chi connectivity index (χ0n) is 11.0. The summed E-state index contributed by atoms with van der Waals surface area (Å²) in [5, 5.41) is 5.34. The van der Waals surface area contributed by atoms with E-state index in [-0.39, 0.29) is 11.9 Å². The van der Waals surface area contributed by atoms with Crippen LogP contribution in [0, 0.1) is 5.92 Å². The van der Waals surface area contributed by atoms with Crippen LogP contribution in [0.2, 0.25) is 0 Å². The molecule has 0 spiro atoms. The third-order valence-corrected chi connectivity index (χ3v) is 6.38. The fourth-order valence-corrected chi connectivity index (χ4v) is 4.99. The van der Waals surface area contributed by atoms with Gasteiger partial charge in [0.1, 0.15) is 0 Å². The van der Waals surface area contributed by atoms with Gasteiger partial charge in [-0.1, -0.05) is 18.9 Å². The summed E-state index contributed by atoms with van der Waals surface area (Å²) in [4.78, 5) is 14.5. The van der Waals surface area contributed by atoms with E-state index in [2.05, 4.69) is 38.8 Å². The molecule has 106 valence electrons. The van der Waals surface area contributed by atoms with Crippen LogP contribution in [0.25, 0.3) is 0 Å². The van der Waals surface area contributed by atoms with E-state index in [9.17, 15) is 4.79 Å². The molecule has 1 unspecified atom stereocenters. The fraction of sp³-hybridized carbons (Fsp3) is 0.400. The maximum atomic E-state index is 12.4. The number of halogens is 1. The van der Waals surface area contributed by atoms with Crippen LogP contribution in [-0.2, 0) is 0 Å². The first-order valence-corrected chi connectivity index (χ1v) is 9.32. The number of carbonyl (C=O) groups is 1. The van der Waals surface area contributed by atoms with E-state index in [1.807, 2.05) is 12.1 Å². The molecule has 2 aromatic heterocycles. The van der Waals surface area contributed by atoms with E-state index in [0.717, 1.165) is 8.66 Å². The third kappa shape index (κ3) is 3.15. The summed E-state index contributed by atoms with van der Waals surface area (Å²) in [7, 11) is 0. The van der Waals surface area contributed by atoms with Gasteiger partial charge in [0.05, 0.1) is 14.7 Å². The molecule has 1 aliphatic carbocycles. The Hall–Kier alpha value is -0.650. The van der Waals surface area contributed by atoms with Crippen LogP contribution in [0.1, 0.15) is 46.3 Å². The Balaban J connectivity index is 1.77. The highest BCUT2D eigenvalue weighted by molar-refractivity contribution is 9.11. The van der Waals surface area contributed by atoms with Crippen molar-refractivity contribution < 1.29 is 4.79 Å². The summed E-state index contributed by atoms with van der Waals surface area (Å²) >= 11 is 6.64. The molecule has 1 amide bonds. The first kappa shape index (κ1) is 14.3. The quantitative estimate of drug-likeness (QED) is 0.784. The van der Waals surface area contributed by atoms with E-state index < -0.39 is 0 Å². The fourth-order valence-electron chi connectivity index (χ4n) is 2.83. The van der Waals surface area contributed by atoms with Crippen LogP contribution in [0.3, 0.4) is 0 Å². The largest absolute Gasteiger partial charge is 0.343 e. The van der Waals surface area contributed by atoms with Gasteiger partial charge in [-0.15, -0.1) is 22.7 Å². The summed E-state index contributed by atoms with van der Waals surface area (Å²) in [6.45, 7) is 0. The van der Waals surface area contributed by atoms with E-state index in [4.69, 9.17) is 0 Å². The molecule has 0 bridgehead atoms. The van der Waals surface area contributed by atoms with Crippen molar-refractivity contribution in [2.45, 2.75) is 31.7 Å². The van der Waals surface area contributed by atoms with Gasteiger partial charge in [0.25, 0.3) is 5.91 Å². The Morgan fingerprint density at radius 3 is 2.70 bits per heavy atom. The Morgan fingerprint density at radius 2 is 2.10 bits per heavy atom. The maximum absolute atomic E-state index is 12.4. The van der Waals surface area contributed by atoms with Gasteiger partial charge in [0.2, 0.25) is 0 Å². The summed E-state index contributed by atoms with van der Waals surface area (Å²) < 4.78 is 0.996. The summed E-state index contributed by atoms with van der Waals surface area (Å²) in [5.74, 6) is 0.631. The Kier molecular flexibility index (Phi) is 4.58. The Bertz CT molecular complexity index is 572. The molecule has 2 aromatic rings. The van der Waals surface area contributed by atoms with E-state index >= 15 is 0 Å². The highest BCUT2D eigenvalue weighted by Crippen LogP contribution is 2.37. The SMILES string of the molecule is O=C(NC(c1cccs1)C1CCCC1)c1ccc(Br)s1. The number of hydrogen-bond donors (Lipinski definition) is 1. The summed E-state index contributed by atoms with van der Waals surface area (Å²) in [6, 6.07) is 8.18. The van der Waals surface area contributed by atoms with Crippen molar-refractivity contribution >= 4 is 44.5 Å². The Labute approximate surface area is 135 Å². The number of nitrogens with one attached hydrogen (secondary N) is 1. The highest BCUT2D eigenvalue weighted by atomic mass is 79.9. The first-order chi connectivity index (χ1) is 9.74. The molecule has 1 atom stereocenters. The Morgan fingerprint density at radius 1 is 1.30 bits per heavy atom. The molecule has 20 heavy (non-hydrogen) atoms. The minimum Gasteiger partial charge on any atom is -0.343 e. The summed E-state index contributed by atoms with van der Waals surface area (Å²) in [6.07, 6.45) is 5.01. The molecule has 0 radical (unpaired) electrons. The van der Waals surface area contributed by atoms with Crippen molar-refractivity contribution in [1.29, 1.82) is 0 Å². The second-order valence-corrected chi connectivity index (χ2v) is 8.56. The van der Waals surface area contributed by atoms with Gasteiger partial charge in [-0.2, -0.15) is 0 Å². The minimum absolute atomic E-state index is 0.0472.